The molecule has 2 heterocycles. The van der Waals surface area contributed by atoms with Crippen molar-refractivity contribution in [2.75, 3.05) is 26.0 Å². The van der Waals surface area contributed by atoms with Crippen LogP contribution in [-0.4, -0.2) is 41.3 Å². The molecule has 0 bridgehead atoms. The minimum Gasteiger partial charge on any atom is -0.457 e. The first-order chi connectivity index (χ1) is 20.0. The zero-order valence-corrected chi connectivity index (χ0v) is 23.2. The quantitative estimate of drug-likeness (QED) is 0.188. The first kappa shape index (κ1) is 25.8. The average Bonchev–Trinajstić information content (AvgIpc) is 3.44. The molecule has 5 aromatic rings. The number of rotatable bonds is 8. The number of para-hydroxylation sites is 1. The maximum absolute atomic E-state index is 6.38. The molecular weight excluding hydrogens is 508 g/mol. The van der Waals surface area contributed by atoms with Gasteiger partial charge in [0, 0.05) is 43.7 Å². The molecule has 0 spiro atoms. The van der Waals surface area contributed by atoms with Crippen LogP contribution < -0.4 is 14.4 Å². The fourth-order valence-corrected chi connectivity index (χ4v) is 4.56. The molecule has 41 heavy (non-hydrogen) atoms. The summed E-state index contributed by atoms with van der Waals surface area (Å²) in [6, 6.07) is 39.4. The van der Waals surface area contributed by atoms with Gasteiger partial charge in [0.1, 0.15) is 23.0 Å². The van der Waals surface area contributed by atoms with E-state index < -0.39 is 0 Å². The van der Waals surface area contributed by atoms with Crippen molar-refractivity contribution >= 4 is 17.4 Å². The topological polar surface area (TPSA) is 40.6 Å². The van der Waals surface area contributed by atoms with Crippen LogP contribution in [0.2, 0.25) is 0 Å². The predicted molar refractivity (Wildman–Crippen MR) is 163 cm³/mol. The van der Waals surface area contributed by atoms with Crippen molar-refractivity contribution in [2.24, 2.45) is 0 Å². The number of anilines is 1. The summed E-state index contributed by atoms with van der Waals surface area (Å²) >= 11 is 0. The van der Waals surface area contributed by atoms with Gasteiger partial charge in [0.05, 0.1) is 11.8 Å². The van der Waals surface area contributed by atoms with E-state index in [2.05, 4.69) is 34.1 Å². The molecule has 1 aliphatic heterocycles. The lowest BCUT2D eigenvalue weighted by Gasteiger charge is -2.14. The highest BCUT2D eigenvalue weighted by atomic mass is 16.5. The second kappa shape index (κ2) is 11.3. The Morgan fingerprint density at radius 1 is 0.634 bits per heavy atom. The highest BCUT2D eigenvalue weighted by Gasteiger charge is 2.19. The van der Waals surface area contributed by atoms with Crippen molar-refractivity contribution in [1.29, 1.82) is 0 Å². The molecule has 0 radical (unpaired) electrons. The number of nitrogens with zero attached hydrogens (tertiary/aromatic N) is 4. The van der Waals surface area contributed by atoms with Gasteiger partial charge in [0.15, 0.2) is 7.05 Å². The number of hydrogen-bond donors (Lipinski definition) is 0. The molecule has 0 fully saturated rings. The van der Waals surface area contributed by atoms with E-state index in [9.17, 15) is 0 Å². The fourth-order valence-electron chi connectivity index (χ4n) is 4.56. The Hall–Kier alpha value is -5.45. The second-order valence-corrected chi connectivity index (χ2v) is 9.96. The summed E-state index contributed by atoms with van der Waals surface area (Å²) in [5, 5.41) is 0. The Labute approximate surface area is 240 Å². The van der Waals surface area contributed by atoms with Crippen LogP contribution in [0.25, 0.3) is 22.4 Å². The molecule has 1 aromatic heterocycles. The summed E-state index contributed by atoms with van der Waals surface area (Å²) < 4.78 is 16.3. The molecule has 6 rings (SSSR count). The van der Waals surface area contributed by atoms with Gasteiger partial charge < -0.3 is 14.4 Å². The third-order valence-corrected chi connectivity index (χ3v) is 6.65. The largest absolute Gasteiger partial charge is 0.495 e. The van der Waals surface area contributed by atoms with E-state index >= 15 is 0 Å². The summed E-state index contributed by atoms with van der Waals surface area (Å²) in [5.41, 5.74) is 5.94. The molecule has 200 valence electrons. The first-order valence-electron chi connectivity index (χ1n) is 13.4. The van der Waals surface area contributed by atoms with Crippen LogP contribution in [0.1, 0.15) is 0 Å². The van der Waals surface area contributed by atoms with E-state index in [0.717, 1.165) is 56.8 Å². The van der Waals surface area contributed by atoms with E-state index in [1.807, 2.05) is 140 Å². The standard InChI is InChI=1S/C35H30N4O2/c1-37(2)29-22-30(39-18-17-38(3)25-39)24-34(23-29)41-33-14-8-10-28(20-33)35-21-27(15-16-36-35)26-9-7-13-32(19-26)40-31-11-5-4-6-12-31/h4-24H,1-3H3/q+2. The number of benzene rings is 4. The molecule has 0 saturated heterocycles. The minimum absolute atomic E-state index is 0.733. The normalized spacial score (nSPS) is 12.1. The third-order valence-electron chi connectivity index (χ3n) is 6.65. The Kier molecular flexibility index (Phi) is 7.14. The predicted octanol–water partition coefficient (Wildman–Crippen LogP) is 8.01. The molecule has 6 nitrogen and oxygen atoms in total. The van der Waals surface area contributed by atoms with Gasteiger partial charge in [-0.25, -0.2) is 0 Å². The molecule has 0 saturated carbocycles. The lowest BCUT2D eigenvalue weighted by Crippen LogP contribution is -2.09. The molecule has 1 aliphatic rings. The van der Waals surface area contributed by atoms with Crippen LogP contribution in [0.4, 0.5) is 11.4 Å². The number of pyridine rings is 1. The molecule has 0 unspecified atom stereocenters. The first-order valence-corrected chi connectivity index (χ1v) is 13.4. The Balaban J connectivity index is 1.27. The summed E-state index contributed by atoms with van der Waals surface area (Å²) in [4.78, 5) is 6.72. The van der Waals surface area contributed by atoms with Gasteiger partial charge in [0.25, 0.3) is 6.20 Å². The summed E-state index contributed by atoms with van der Waals surface area (Å²) in [5.74, 6) is 3.07. The van der Waals surface area contributed by atoms with Crippen molar-refractivity contribution in [2.45, 2.75) is 0 Å². The molecule has 0 aliphatic carbocycles. The van der Waals surface area contributed by atoms with E-state index in [1.165, 1.54) is 0 Å². The average molecular weight is 539 g/mol. The fraction of sp³-hybridized carbons (Fsp3) is 0.0857. The van der Waals surface area contributed by atoms with E-state index in [4.69, 9.17) is 9.47 Å². The van der Waals surface area contributed by atoms with Gasteiger partial charge >= 0.3 is 6.01 Å². The summed E-state index contributed by atoms with van der Waals surface area (Å²) in [7, 11) is 5.99. The van der Waals surface area contributed by atoms with E-state index in [0.29, 0.717) is 0 Å². The minimum atomic E-state index is 0.733. The Bertz CT molecular complexity index is 1820. The van der Waals surface area contributed by atoms with Crippen molar-refractivity contribution in [3.8, 4) is 45.4 Å². The van der Waals surface area contributed by atoms with Crippen molar-refractivity contribution in [3.05, 3.63) is 128 Å². The highest BCUT2D eigenvalue weighted by Crippen LogP contribution is 2.34. The monoisotopic (exact) mass is 538 g/mol. The number of aromatic nitrogens is 1. The smallest absolute Gasteiger partial charge is 0.457 e. The zero-order valence-electron chi connectivity index (χ0n) is 23.2. The van der Waals surface area contributed by atoms with Crippen LogP contribution >= 0.6 is 0 Å². The van der Waals surface area contributed by atoms with Crippen molar-refractivity contribution in [3.63, 3.8) is 0 Å². The highest BCUT2D eigenvalue weighted by molar-refractivity contribution is 5.72. The maximum atomic E-state index is 6.38. The maximum Gasteiger partial charge on any atom is 0.495 e. The zero-order chi connectivity index (χ0) is 28.2. The van der Waals surface area contributed by atoms with Gasteiger partial charge in [-0.15, -0.1) is 0 Å². The number of hydrogen-bond acceptors (Lipinski definition) is 4. The lowest BCUT2D eigenvalue weighted by molar-refractivity contribution is -0.429. The van der Waals surface area contributed by atoms with E-state index in [-0.39, 0.29) is 0 Å². The molecule has 0 atom stereocenters. The van der Waals surface area contributed by atoms with Gasteiger partial charge in [0.2, 0.25) is 11.9 Å². The molecule has 0 N–H and O–H groups in total. The van der Waals surface area contributed by atoms with Crippen LogP contribution in [0, 0.1) is 0 Å². The lowest BCUT2D eigenvalue weighted by atomic mass is 10.0. The molecule has 0 amide bonds. The van der Waals surface area contributed by atoms with Crippen LogP contribution in [0.15, 0.2) is 128 Å². The second-order valence-electron chi connectivity index (χ2n) is 9.96. The molecule has 6 heteroatoms. The van der Waals surface area contributed by atoms with E-state index in [1.54, 1.807) is 0 Å². The SMILES string of the molecule is CN(C)c1cc(Oc2cccc(-c3cc(-c4cccc(Oc5ccccc5)c4)ccn3)c2)cc([N+]2=C=[N+](C)C=C2)c1. The van der Waals surface area contributed by atoms with Crippen LogP contribution in [-0.2, 0) is 0 Å². The molecule has 4 aromatic carbocycles. The van der Waals surface area contributed by atoms with Gasteiger partial charge in [-0.1, -0.05) is 51.6 Å². The van der Waals surface area contributed by atoms with Crippen molar-refractivity contribution in [1.82, 2.24) is 4.98 Å². The number of ether oxygens (including phenoxy) is 2. The third kappa shape index (κ3) is 6.09. The van der Waals surface area contributed by atoms with Crippen LogP contribution in [0.3, 0.4) is 0 Å². The van der Waals surface area contributed by atoms with Crippen molar-refractivity contribution < 1.29 is 18.6 Å². The van der Waals surface area contributed by atoms with Gasteiger partial charge in [-0.2, -0.15) is 0 Å². The summed E-state index contributed by atoms with van der Waals surface area (Å²) in [6.45, 7) is 0. The van der Waals surface area contributed by atoms with Crippen LogP contribution in [0.5, 0.6) is 23.0 Å². The Morgan fingerprint density at radius 2 is 1.32 bits per heavy atom. The molecular formula is C35H30N4O2+2. The van der Waals surface area contributed by atoms with Gasteiger partial charge in [-0.05, 0) is 59.7 Å². The Morgan fingerprint density at radius 3 is 2.05 bits per heavy atom. The summed E-state index contributed by atoms with van der Waals surface area (Å²) in [6.07, 6.45) is 5.77. The van der Waals surface area contributed by atoms with Gasteiger partial charge in [-0.3, -0.25) is 4.98 Å².